The average Bonchev–Trinajstić information content (AvgIpc) is 2.39. The minimum Gasteiger partial charge on any atom is -0.463 e. The highest BCUT2D eigenvalue weighted by Crippen LogP contribution is 1.94. The molecule has 0 aliphatic heterocycles. The predicted molar refractivity (Wildman–Crippen MR) is 51.0 cm³/mol. The number of rotatable bonds is 2. The summed E-state index contributed by atoms with van der Waals surface area (Å²) < 4.78 is 5.28. The van der Waals surface area contributed by atoms with E-state index in [1.54, 1.807) is 18.4 Å². The molecule has 1 aromatic heterocycles. The van der Waals surface area contributed by atoms with Gasteiger partial charge in [-0.3, -0.25) is 5.43 Å². The predicted octanol–water partition coefficient (Wildman–Crippen LogP) is 1.42. The number of hydrogen-bond donors (Lipinski definition) is 2. The first-order valence-corrected chi connectivity index (χ1v) is 3.70. The van der Waals surface area contributed by atoms with Crippen LogP contribution in [0.4, 0.5) is 0 Å². The number of nitrogens with zero attached hydrogens (tertiary/aromatic N) is 1. The van der Waals surface area contributed by atoms with E-state index in [0.717, 1.165) is 0 Å². The molecule has 5 heteroatoms. The molecule has 11 heavy (non-hydrogen) atoms. The molecule has 0 aromatic carbocycles. The van der Waals surface area contributed by atoms with Crippen molar-refractivity contribution >= 4 is 35.4 Å². The highest BCUT2D eigenvalue weighted by Gasteiger charge is 1.86. The van der Waals surface area contributed by atoms with Crippen molar-refractivity contribution < 1.29 is 4.42 Å². The van der Waals surface area contributed by atoms with Crippen molar-refractivity contribution in [3.05, 3.63) is 24.2 Å². The van der Waals surface area contributed by atoms with Gasteiger partial charge >= 0.3 is 0 Å². The van der Waals surface area contributed by atoms with Gasteiger partial charge in [-0.1, -0.05) is 12.2 Å². The van der Waals surface area contributed by atoms with E-state index in [-0.39, 0.29) is 0 Å². The Bertz CT molecular complexity index is 256. The Kier molecular flexibility index (Phi) is 3.13. The zero-order chi connectivity index (χ0) is 8.10. The van der Waals surface area contributed by atoms with Crippen LogP contribution in [0.15, 0.2) is 27.9 Å². The van der Waals surface area contributed by atoms with E-state index >= 15 is 0 Å². The number of furan rings is 1. The van der Waals surface area contributed by atoms with Gasteiger partial charge in [-0.15, -0.1) is 12.6 Å². The standard InChI is InChI=1S/C6H6N2OS2/c10-6(11)8-7-4-5-2-1-3-9-5/h1-4H,(H2,8,10,11)/b7-4+. The van der Waals surface area contributed by atoms with Crippen LogP contribution in [0.1, 0.15) is 5.76 Å². The molecule has 1 aromatic rings. The topological polar surface area (TPSA) is 37.5 Å². The molecule has 0 unspecified atom stereocenters. The Morgan fingerprint density at radius 3 is 3.18 bits per heavy atom. The van der Waals surface area contributed by atoms with Crippen molar-refractivity contribution in [3.8, 4) is 0 Å². The van der Waals surface area contributed by atoms with E-state index in [1.165, 1.54) is 6.21 Å². The minimum absolute atomic E-state index is 0.327. The molecular weight excluding hydrogens is 180 g/mol. The lowest BCUT2D eigenvalue weighted by molar-refractivity contribution is 0.560. The van der Waals surface area contributed by atoms with Crippen molar-refractivity contribution in [2.24, 2.45) is 5.10 Å². The van der Waals surface area contributed by atoms with Crippen LogP contribution in [0.3, 0.4) is 0 Å². The molecule has 0 aliphatic rings. The van der Waals surface area contributed by atoms with Crippen molar-refractivity contribution in [2.45, 2.75) is 0 Å². The number of hydrazone groups is 1. The van der Waals surface area contributed by atoms with Crippen molar-refractivity contribution in [2.75, 3.05) is 0 Å². The molecule has 0 spiro atoms. The molecule has 1 heterocycles. The van der Waals surface area contributed by atoms with Crippen LogP contribution in [0.2, 0.25) is 0 Å². The summed E-state index contributed by atoms with van der Waals surface area (Å²) in [6, 6.07) is 3.56. The van der Waals surface area contributed by atoms with Gasteiger partial charge in [0.25, 0.3) is 0 Å². The summed E-state index contributed by atoms with van der Waals surface area (Å²) in [6.45, 7) is 0. The first-order valence-electron chi connectivity index (χ1n) is 2.84. The van der Waals surface area contributed by atoms with Crippen LogP contribution in [0.5, 0.6) is 0 Å². The fourth-order valence-electron chi connectivity index (χ4n) is 0.516. The van der Waals surface area contributed by atoms with Crippen LogP contribution in [0.25, 0.3) is 0 Å². The number of nitrogens with one attached hydrogen (secondary N) is 1. The van der Waals surface area contributed by atoms with Gasteiger partial charge in [0.1, 0.15) is 5.76 Å². The van der Waals surface area contributed by atoms with E-state index in [0.29, 0.717) is 10.1 Å². The maximum absolute atomic E-state index is 4.96. The molecule has 0 saturated heterocycles. The molecule has 58 valence electrons. The van der Waals surface area contributed by atoms with Crippen molar-refractivity contribution in [1.82, 2.24) is 5.43 Å². The Morgan fingerprint density at radius 2 is 2.64 bits per heavy atom. The van der Waals surface area contributed by atoms with E-state index in [4.69, 9.17) is 4.42 Å². The van der Waals surface area contributed by atoms with Crippen LogP contribution in [-0.2, 0) is 0 Å². The fraction of sp³-hybridized carbons (Fsp3) is 0. The van der Waals surface area contributed by atoms with Crippen LogP contribution >= 0.6 is 24.8 Å². The first kappa shape index (κ1) is 8.29. The maximum atomic E-state index is 4.96. The summed E-state index contributed by atoms with van der Waals surface area (Å²) in [6.07, 6.45) is 3.09. The summed E-state index contributed by atoms with van der Waals surface area (Å²) in [5, 5.41) is 3.73. The highest BCUT2D eigenvalue weighted by molar-refractivity contribution is 8.11. The highest BCUT2D eigenvalue weighted by atomic mass is 32.1. The lowest BCUT2D eigenvalue weighted by atomic mass is 10.5. The van der Waals surface area contributed by atoms with Crippen molar-refractivity contribution in [3.63, 3.8) is 0 Å². The summed E-state index contributed by atoms with van der Waals surface area (Å²) in [5.74, 6) is 0.669. The second kappa shape index (κ2) is 4.15. The second-order valence-corrected chi connectivity index (χ2v) is 2.85. The molecule has 0 bridgehead atoms. The molecule has 0 aliphatic carbocycles. The SMILES string of the molecule is S=C(S)N/N=C/c1ccco1. The van der Waals surface area contributed by atoms with Crippen LogP contribution in [-0.4, -0.2) is 10.5 Å². The van der Waals surface area contributed by atoms with Gasteiger partial charge < -0.3 is 4.42 Å². The van der Waals surface area contributed by atoms with Gasteiger partial charge in [-0.05, 0) is 12.1 Å². The van der Waals surface area contributed by atoms with Crippen LogP contribution in [0, 0.1) is 0 Å². The lowest BCUT2D eigenvalue weighted by Gasteiger charge is -1.89. The zero-order valence-corrected chi connectivity index (χ0v) is 7.23. The third kappa shape index (κ3) is 3.20. The van der Waals surface area contributed by atoms with E-state index in [9.17, 15) is 0 Å². The zero-order valence-electron chi connectivity index (χ0n) is 5.52. The Morgan fingerprint density at radius 1 is 1.82 bits per heavy atom. The van der Waals surface area contributed by atoms with Gasteiger partial charge in [0.2, 0.25) is 0 Å². The Hall–Kier alpha value is -0.810. The Balaban J connectivity index is 2.43. The van der Waals surface area contributed by atoms with E-state index < -0.39 is 0 Å². The average molecular weight is 186 g/mol. The molecule has 1 rings (SSSR count). The van der Waals surface area contributed by atoms with E-state index in [1.807, 2.05) is 0 Å². The summed E-state index contributed by atoms with van der Waals surface area (Å²) >= 11 is 8.40. The summed E-state index contributed by atoms with van der Waals surface area (Å²) in [7, 11) is 0. The van der Waals surface area contributed by atoms with E-state index in [2.05, 4.69) is 35.4 Å². The normalized spacial score (nSPS) is 10.3. The van der Waals surface area contributed by atoms with Gasteiger partial charge in [-0.2, -0.15) is 5.10 Å². The van der Waals surface area contributed by atoms with Crippen LogP contribution < -0.4 is 5.43 Å². The summed E-state index contributed by atoms with van der Waals surface area (Å²) in [5.41, 5.74) is 2.49. The monoisotopic (exact) mass is 186 g/mol. The Labute approximate surface area is 74.9 Å². The largest absolute Gasteiger partial charge is 0.463 e. The minimum atomic E-state index is 0.327. The molecule has 0 fully saturated rings. The molecule has 1 N–H and O–H groups in total. The molecule has 0 amide bonds. The number of thiol groups is 1. The molecular formula is C6H6N2OS2. The lowest BCUT2D eigenvalue weighted by Crippen LogP contribution is -2.07. The maximum Gasteiger partial charge on any atom is 0.150 e. The van der Waals surface area contributed by atoms with Gasteiger partial charge in [-0.25, -0.2) is 0 Å². The fourth-order valence-corrected chi connectivity index (χ4v) is 0.626. The number of hydrogen-bond acceptors (Lipinski definition) is 3. The number of thiocarbonyl (C=S) groups is 1. The van der Waals surface area contributed by atoms with Crippen molar-refractivity contribution in [1.29, 1.82) is 0 Å². The quantitative estimate of drug-likeness (QED) is 0.317. The molecule has 0 atom stereocenters. The molecule has 3 nitrogen and oxygen atoms in total. The third-order valence-electron chi connectivity index (χ3n) is 0.895. The third-order valence-corrected chi connectivity index (χ3v) is 1.09. The first-order chi connectivity index (χ1) is 5.29. The molecule has 0 radical (unpaired) electrons. The smallest absolute Gasteiger partial charge is 0.150 e. The summed E-state index contributed by atoms with van der Waals surface area (Å²) in [4.78, 5) is 0. The van der Waals surface area contributed by atoms with Gasteiger partial charge in [0, 0.05) is 0 Å². The van der Waals surface area contributed by atoms with Gasteiger partial charge in [0.05, 0.1) is 12.5 Å². The second-order valence-electron chi connectivity index (χ2n) is 1.69. The molecule has 0 saturated carbocycles. The van der Waals surface area contributed by atoms with Gasteiger partial charge in [0.15, 0.2) is 4.32 Å².